The molecule has 0 spiro atoms. The minimum absolute atomic E-state index is 0.0570. The maximum Gasteiger partial charge on any atom is 0.319 e. The molecule has 12 heteroatoms. The van der Waals surface area contributed by atoms with E-state index in [4.69, 9.17) is 19.2 Å². The SMILES string of the molecule is O=C(Nc1ccc(Oc2ccnc3cc(-c4ccc(CNc5ccc(OCCN6CCOCC6)cc5)cn4)sc23)c(F)c1)NC1CC1. The van der Waals surface area contributed by atoms with Gasteiger partial charge in [0.05, 0.1) is 34.0 Å². The van der Waals surface area contributed by atoms with Crippen molar-refractivity contribution in [1.82, 2.24) is 20.2 Å². The highest BCUT2D eigenvalue weighted by Gasteiger charge is 2.23. The fourth-order valence-electron chi connectivity index (χ4n) is 5.15. The largest absolute Gasteiger partial charge is 0.492 e. The van der Waals surface area contributed by atoms with Crippen LogP contribution in [0.5, 0.6) is 17.2 Å². The molecule has 1 saturated heterocycles. The molecule has 1 aliphatic heterocycles. The molecule has 0 bridgehead atoms. The standard InChI is InChI=1S/C35H35FN6O4S/c36-28-19-26(41-35(43)40-25-2-3-25)6-10-31(28)46-32-11-12-37-30-20-33(47-34(30)32)29-9-1-23(22-39-29)21-38-24-4-7-27(8-5-24)45-18-15-42-13-16-44-17-14-42/h1,4-12,19-20,22,25,38H,2-3,13-18,21H2,(H2,40,41,43). The van der Waals surface area contributed by atoms with Crippen LogP contribution in [0.3, 0.4) is 0 Å². The number of morpholine rings is 1. The zero-order chi connectivity index (χ0) is 32.0. The number of halogens is 1. The van der Waals surface area contributed by atoms with Gasteiger partial charge in [-0.15, -0.1) is 11.3 Å². The van der Waals surface area contributed by atoms with Crippen molar-refractivity contribution in [2.45, 2.75) is 25.4 Å². The number of anilines is 2. The Bertz CT molecular complexity index is 1820. The van der Waals surface area contributed by atoms with E-state index in [2.05, 4.69) is 25.8 Å². The molecule has 3 N–H and O–H groups in total. The van der Waals surface area contributed by atoms with Crippen LogP contribution in [-0.4, -0.2) is 66.4 Å². The number of hydrogen-bond acceptors (Lipinski definition) is 9. The number of hydrogen-bond donors (Lipinski definition) is 3. The van der Waals surface area contributed by atoms with Crippen molar-refractivity contribution < 1.29 is 23.4 Å². The summed E-state index contributed by atoms with van der Waals surface area (Å²) < 4.78 is 33.0. The fraction of sp³-hybridized carbons (Fsp3) is 0.286. The lowest BCUT2D eigenvalue weighted by atomic mass is 10.2. The van der Waals surface area contributed by atoms with E-state index >= 15 is 0 Å². The number of amides is 2. The lowest BCUT2D eigenvalue weighted by Crippen LogP contribution is -2.38. The second-order valence-electron chi connectivity index (χ2n) is 11.5. The first-order valence-electron chi connectivity index (χ1n) is 15.7. The van der Waals surface area contributed by atoms with Crippen LogP contribution in [0, 0.1) is 5.82 Å². The van der Waals surface area contributed by atoms with Crippen LogP contribution in [0.1, 0.15) is 18.4 Å². The van der Waals surface area contributed by atoms with Gasteiger partial charge in [0.2, 0.25) is 0 Å². The molecule has 242 valence electrons. The highest BCUT2D eigenvalue weighted by Crippen LogP contribution is 2.39. The number of benzene rings is 2. The minimum atomic E-state index is -0.578. The van der Waals surface area contributed by atoms with Crippen LogP contribution >= 0.6 is 11.3 Å². The molecule has 2 aromatic carbocycles. The predicted octanol–water partition coefficient (Wildman–Crippen LogP) is 6.90. The van der Waals surface area contributed by atoms with Gasteiger partial charge in [-0.05, 0) is 66.9 Å². The van der Waals surface area contributed by atoms with Crippen molar-refractivity contribution >= 4 is 39.0 Å². The Balaban J connectivity index is 0.937. The number of pyridine rings is 2. The summed E-state index contributed by atoms with van der Waals surface area (Å²) in [4.78, 5) is 24.5. The quantitative estimate of drug-likeness (QED) is 0.133. The van der Waals surface area contributed by atoms with Crippen LogP contribution in [0.4, 0.5) is 20.6 Å². The second kappa shape index (κ2) is 14.3. The van der Waals surface area contributed by atoms with Gasteiger partial charge in [-0.1, -0.05) is 6.07 Å². The monoisotopic (exact) mass is 654 g/mol. The molecule has 0 atom stereocenters. The highest BCUT2D eigenvalue weighted by atomic mass is 32.1. The third-order valence-corrected chi connectivity index (χ3v) is 9.07. The number of carbonyl (C=O) groups is 1. The molecule has 10 nitrogen and oxygen atoms in total. The van der Waals surface area contributed by atoms with E-state index in [0.717, 1.165) is 83.5 Å². The van der Waals surface area contributed by atoms with Crippen molar-refractivity contribution in [2.24, 2.45) is 0 Å². The number of urea groups is 1. The van der Waals surface area contributed by atoms with Crippen LogP contribution in [-0.2, 0) is 11.3 Å². The van der Waals surface area contributed by atoms with Crippen molar-refractivity contribution in [3.8, 4) is 27.8 Å². The molecule has 7 rings (SSSR count). The summed E-state index contributed by atoms with van der Waals surface area (Å²) in [6.07, 6.45) is 5.44. The van der Waals surface area contributed by atoms with Gasteiger partial charge in [0.1, 0.15) is 18.1 Å². The zero-order valence-electron chi connectivity index (χ0n) is 25.7. The number of nitrogens with zero attached hydrogens (tertiary/aromatic N) is 3. The van der Waals surface area contributed by atoms with Gasteiger partial charge in [0.15, 0.2) is 11.6 Å². The maximum atomic E-state index is 14.9. The fourth-order valence-corrected chi connectivity index (χ4v) is 6.19. The van der Waals surface area contributed by atoms with E-state index in [1.165, 1.54) is 23.5 Å². The summed E-state index contributed by atoms with van der Waals surface area (Å²) in [6, 6.07) is 19.9. The molecule has 2 amide bonds. The lowest BCUT2D eigenvalue weighted by molar-refractivity contribution is 0.0322. The first kappa shape index (κ1) is 30.9. The third-order valence-electron chi connectivity index (χ3n) is 7.91. The Kier molecular flexibility index (Phi) is 9.40. The molecule has 0 radical (unpaired) electrons. The topological polar surface area (TPSA) is 110 Å². The number of ether oxygens (including phenoxy) is 3. The Hall–Kier alpha value is -4.78. The smallest absolute Gasteiger partial charge is 0.319 e. The average Bonchev–Trinajstić information content (AvgIpc) is 3.79. The molecule has 4 heterocycles. The minimum Gasteiger partial charge on any atom is -0.492 e. The van der Waals surface area contributed by atoms with Crippen LogP contribution in [0.2, 0.25) is 0 Å². The van der Waals surface area contributed by atoms with Crippen LogP contribution < -0.4 is 25.4 Å². The Labute approximate surface area is 275 Å². The first-order chi connectivity index (χ1) is 23.1. The summed E-state index contributed by atoms with van der Waals surface area (Å²) in [5, 5.41) is 8.92. The molecule has 2 fully saturated rings. The molecular formula is C35H35FN6O4S. The molecular weight excluding hydrogens is 619 g/mol. The van der Waals surface area contributed by atoms with Crippen LogP contribution in [0.15, 0.2) is 79.1 Å². The van der Waals surface area contributed by atoms with Crippen LogP contribution in [0.25, 0.3) is 20.8 Å². The Morgan fingerprint density at radius 3 is 2.57 bits per heavy atom. The third kappa shape index (κ3) is 8.15. The predicted molar refractivity (Wildman–Crippen MR) is 181 cm³/mol. The summed E-state index contributed by atoms with van der Waals surface area (Å²) in [6.45, 7) is 5.68. The van der Waals surface area contributed by atoms with Gasteiger partial charge < -0.3 is 30.2 Å². The molecule has 47 heavy (non-hydrogen) atoms. The number of thiophene rings is 1. The van der Waals surface area contributed by atoms with Crippen molar-refractivity contribution in [3.05, 3.63) is 90.5 Å². The highest BCUT2D eigenvalue weighted by molar-refractivity contribution is 7.22. The van der Waals surface area contributed by atoms with E-state index in [9.17, 15) is 9.18 Å². The van der Waals surface area contributed by atoms with Crippen molar-refractivity contribution in [1.29, 1.82) is 0 Å². The van der Waals surface area contributed by atoms with E-state index in [1.54, 1.807) is 18.3 Å². The van der Waals surface area contributed by atoms with E-state index in [1.807, 2.05) is 48.7 Å². The number of rotatable bonds is 12. The lowest BCUT2D eigenvalue weighted by Gasteiger charge is -2.26. The molecule has 3 aromatic heterocycles. The van der Waals surface area contributed by atoms with E-state index in [0.29, 0.717) is 24.6 Å². The molecule has 1 aliphatic carbocycles. The molecule has 1 saturated carbocycles. The zero-order valence-corrected chi connectivity index (χ0v) is 26.5. The number of nitrogens with one attached hydrogen (secondary N) is 3. The van der Waals surface area contributed by atoms with Crippen molar-refractivity contribution in [3.63, 3.8) is 0 Å². The summed E-state index contributed by atoms with van der Waals surface area (Å²) in [7, 11) is 0. The molecule has 2 aliphatic rings. The van der Waals surface area contributed by atoms with E-state index in [-0.39, 0.29) is 17.8 Å². The number of fused-ring (bicyclic) bond motifs is 1. The van der Waals surface area contributed by atoms with E-state index < -0.39 is 5.82 Å². The van der Waals surface area contributed by atoms with Gasteiger partial charge in [0, 0.05) is 68.1 Å². The van der Waals surface area contributed by atoms with Gasteiger partial charge in [-0.25, -0.2) is 9.18 Å². The Morgan fingerprint density at radius 1 is 0.979 bits per heavy atom. The number of aromatic nitrogens is 2. The van der Waals surface area contributed by atoms with Gasteiger partial charge >= 0.3 is 6.03 Å². The van der Waals surface area contributed by atoms with Gasteiger partial charge in [-0.3, -0.25) is 14.9 Å². The summed E-state index contributed by atoms with van der Waals surface area (Å²) in [5.74, 6) is 0.824. The molecule has 0 unspecified atom stereocenters. The number of carbonyl (C=O) groups excluding carboxylic acids is 1. The van der Waals surface area contributed by atoms with Crippen molar-refractivity contribution in [2.75, 3.05) is 50.1 Å². The Morgan fingerprint density at radius 2 is 1.81 bits per heavy atom. The summed E-state index contributed by atoms with van der Waals surface area (Å²) in [5.41, 5.74) is 3.95. The maximum absolute atomic E-state index is 14.9. The second-order valence-corrected chi connectivity index (χ2v) is 12.5. The normalized spacial score (nSPS) is 14.9. The van der Waals surface area contributed by atoms with Gasteiger partial charge in [-0.2, -0.15) is 0 Å². The molecule has 5 aromatic rings. The first-order valence-corrected chi connectivity index (χ1v) is 16.5. The summed E-state index contributed by atoms with van der Waals surface area (Å²) >= 11 is 1.48. The van der Waals surface area contributed by atoms with Gasteiger partial charge in [0.25, 0.3) is 0 Å². The average molecular weight is 655 g/mol.